The van der Waals surface area contributed by atoms with Crippen molar-refractivity contribution in [3.05, 3.63) is 88.1 Å². The van der Waals surface area contributed by atoms with E-state index < -0.39 is 17.7 Å². The van der Waals surface area contributed by atoms with Gasteiger partial charge in [-0.2, -0.15) is 18.3 Å². The zero-order chi connectivity index (χ0) is 29.2. The van der Waals surface area contributed by atoms with Crippen LogP contribution in [0.2, 0.25) is 5.02 Å². The Labute approximate surface area is 235 Å². The first-order chi connectivity index (χ1) is 18.8. The van der Waals surface area contributed by atoms with Crippen molar-refractivity contribution in [3.8, 4) is 11.1 Å². The summed E-state index contributed by atoms with van der Waals surface area (Å²) >= 11 is 6.29. The number of Topliss-reactive ketones (excluding diaryl/α,β-unsaturated/α-hetero) is 1. The molecule has 1 N–H and O–H groups in total. The number of carboxylic acids is 1. The molecule has 0 radical (unpaired) electrons. The lowest BCUT2D eigenvalue weighted by Gasteiger charge is -2.22. The van der Waals surface area contributed by atoms with E-state index in [0.717, 1.165) is 46.1 Å². The number of hydrogen-bond donors (Lipinski definition) is 1. The second kappa shape index (κ2) is 11.8. The van der Waals surface area contributed by atoms with Gasteiger partial charge in [-0.25, -0.2) is 0 Å². The molecule has 1 unspecified atom stereocenters. The summed E-state index contributed by atoms with van der Waals surface area (Å²) in [6, 6.07) is 14.5. The number of aromatic nitrogens is 2. The minimum atomic E-state index is -4.47. The summed E-state index contributed by atoms with van der Waals surface area (Å²) < 4.78 is 41.3. The Balaban J connectivity index is 1.67. The summed E-state index contributed by atoms with van der Waals surface area (Å²) in [6.45, 7) is 6.13. The van der Waals surface area contributed by atoms with Crippen LogP contribution in [0.3, 0.4) is 0 Å². The number of alkyl halides is 3. The van der Waals surface area contributed by atoms with Crippen LogP contribution in [0.4, 0.5) is 13.2 Å². The van der Waals surface area contributed by atoms with E-state index in [2.05, 4.69) is 13.8 Å². The van der Waals surface area contributed by atoms with Crippen molar-refractivity contribution in [1.29, 1.82) is 0 Å². The van der Waals surface area contributed by atoms with Crippen LogP contribution in [0, 0.1) is 12.8 Å². The van der Waals surface area contributed by atoms with Crippen molar-refractivity contribution in [2.45, 2.75) is 58.7 Å². The van der Waals surface area contributed by atoms with Crippen molar-refractivity contribution >= 4 is 34.3 Å². The van der Waals surface area contributed by atoms with E-state index in [1.165, 1.54) is 6.07 Å². The van der Waals surface area contributed by atoms with E-state index in [-0.39, 0.29) is 29.7 Å². The minimum absolute atomic E-state index is 0.0277. The standard InChI is InChI=1S/C31H30ClF3N2O3/c1-18(2)13-27(20-7-9-21(10-8-20)29(38)5-4-6-30(39)40)37-28-14-19(3)25(15-22(28)17-36-37)24-12-11-23(16-26(24)32)31(33,34)35/h7-12,14-18,27H,4-6,13H2,1-3H3,(H,39,40). The van der Waals surface area contributed by atoms with Gasteiger partial charge >= 0.3 is 12.1 Å². The van der Waals surface area contributed by atoms with Crippen LogP contribution in [-0.2, 0) is 11.0 Å². The quantitative estimate of drug-likeness (QED) is 0.193. The molecule has 0 bridgehead atoms. The first-order valence-electron chi connectivity index (χ1n) is 13.0. The van der Waals surface area contributed by atoms with E-state index in [4.69, 9.17) is 21.8 Å². The molecule has 0 aliphatic heterocycles. The largest absolute Gasteiger partial charge is 0.481 e. The van der Waals surface area contributed by atoms with Crippen molar-refractivity contribution in [2.75, 3.05) is 0 Å². The average Bonchev–Trinajstić information content (AvgIpc) is 3.28. The molecule has 1 heterocycles. The molecule has 0 fully saturated rings. The number of rotatable bonds is 10. The van der Waals surface area contributed by atoms with Gasteiger partial charge in [0.25, 0.3) is 0 Å². The number of benzene rings is 3. The molecule has 0 aliphatic rings. The highest BCUT2D eigenvalue weighted by molar-refractivity contribution is 6.33. The van der Waals surface area contributed by atoms with Crippen molar-refractivity contribution in [1.82, 2.24) is 9.78 Å². The van der Waals surface area contributed by atoms with E-state index in [1.807, 2.05) is 35.9 Å². The van der Waals surface area contributed by atoms with Crippen molar-refractivity contribution < 1.29 is 27.9 Å². The Morgan fingerprint density at radius 1 is 1.00 bits per heavy atom. The number of ketones is 1. The fourth-order valence-corrected chi connectivity index (χ4v) is 5.19. The SMILES string of the molecule is Cc1cc2c(cnn2C(CC(C)C)c2ccc(C(=O)CCCC(=O)O)cc2)cc1-c1ccc(C(F)(F)F)cc1Cl. The van der Waals surface area contributed by atoms with Crippen LogP contribution in [0.5, 0.6) is 0 Å². The van der Waals surface area contributed by atoms with Crippen molar-refractivity contribution in [3.63, 3.8) is 0 Å². The topological polar surface area (TPSA) is 72.2 Å². The first-order valence-corrected chi connectivity index (χ1v) is 13.4. The molecule has 3 aromatic carbocycles. The van der Waals surface area contributed by atoms with Crippen LogP contribution in [0.25, 0.3) is 22.0 Å². The van der Waals surface area contributed by atoms with Gasteiger partial charge in [0.15, 0.2) is 5.78 Å². The van der Waals surface area contributed by atoms with Crippen LogP contribution in [0.15, 0.2) is 60.8 Å². The third-order valence-corrected chi connectivity index (χ3v) is 7.24. The number of nitrogens with zero attached hydrogens (tertiary/aromatic N) is 2. The summed E-state index contributed by atoms with van der Waals surface area (Å²) in [5, 5.41) is 14.4. The van der Waals surface area contributed by atoms with Gasteiger partial charge in [-0.3, -0.25) is 14.3 Å². The molecule has 4 rings (SSSR count). The van der Waals surface area contributed by atoms with Gasteiger partial charge in [0.05, 0.1) is 23.3 Å². The molecule has 1 atom stereocenters. The maximum atomic E-state index is 13.1. The highest BCUT2D eigenvalue weighted by atomic mass is 35.5. The molecule has 0 spiro atoms. The Morgan fingerprint density at radius 2 is 1.70 bits per heavy atom. The van der Waals surface area contributed by atoms with Gasteiger partial charge < -0.3 is 5.11 Å². The van der Waals surface area contributed by atoms with Crippen LogP contribution in [0.1, 0.15) is 72.6 Å². The van der Waals surface area contributed by atoms with Gasteiger partial charge in [-0.1, -0.05) is 55.8 Å². The lowest BCUT2D eigenvalue weighted by Crippen LogP contribution is -2.15. The molecular formula is C31H30ClF3N2O3. The number of aryl methyl sites for hydroxylation is 1. The molecule has 40 heavy (non-hydrogen) atoms. The van der Waals surface area contributed by atoms with Gasteiger partial charge in [-0.05, 0) is 66.6 Å². The molecule has 5 nitrogen and oxygen atoms in total. The predicted molar refractivity (Wildman–Crippen MR) is 150 cm³/mol. The van der Waals surface area contributed by atoms with Crippen molar-refractivity contribution in [2.24, 2.45) is 5.92 Å². The van der Waals surface area contributed by atoms with E-state index in [9.17, 15) is 22.8 Å². The molecule has 210 valence electrons. The van der Waals surface area contributed by atoms with Gasteiger partial charge in [0.1, 0.15) is 0 Å². The number of carboxylic acid groups (broad SMARTS) is 1. The summed E-state index contributed by atoms with van der Waals surface area (Å²) in [6.07, 6.45) is -1.52. The smallest absolute Gasteiger partial charge is 0.416 e. The molecule has 9 heteroatoms. The Kier molecular flexibility index (Phi) is 8.68. The number of aliphatic carboxylic acids is 1. The van der Waals surface area contributed by atoms with E-state index in [0.29, 0.717) is 23.5 Å². The number of halogens is 4. The Bertz CT molecular complexity index is 1540. The van der Waals surface area contributed by atoms with Crippen LogP contribution < -0.4 is 0 Å². The fraction of sp³-hybridized carbons (Fsp3) is 0.323. The van der Waals surface area contributed by atoms with Gasteiger partial charge in [0.2, 0.25) is 0 Å². The zero-order valence-electron chi connectivity index (χ0n) is 22.4. The van der Waals surface area contributed by atoms with E-state index >= 15 is 0 Å². The molecule has 0 saturated heterocycles. The molecule has 0 saturated carbocycles. The summed E-state index contributed by atoms with van der Waals surface area (Å²) in [4.78, 5) is 23.2. The molecule has 1 aromatic heterocycles. The maximum absolute atomic E-state index is 13.1. The third kappa shape index (κ3) is 6.55. The summed E-state index contributed by atoms with van der Waals surface area (Å²) in [5.41, 5.74) is 3.70. The number of carbonyl (C=O) groups excluding carboxylic acids is 1. The van der Waals surface area contributed by atoms with Gasteiger partial charge in [0, 0.05) is 34.4 Å². The second-order valence-corrected chi connectivity index (χ2v) is 10.9. The van der Waals surface area contributed by atoms with Gasteiger partial charge in [-0.15, -0.1) is 0 Å². The molecular weight excluding hydrogens is 541 g/mol. The molecule has 0 amide bonds. The highest BCUT2D eigenvalue weighted by Crippen LogP contribution is 2.38. The lowest BCUT2D eigenvalue weighted by atomic mass is 9.94. The van der Waals surface area contributed by atoms with E-state index in [1.54, 1.807) is 18.3 Å². The zero-order valence-corrected chi connectivity index (χ0v) is 23.2. The Hall–Kier alpha value is -3.65. The normalized spacial score (nSPS) is 12.7. The minimum Gasteiger partial charge on any atom is -0.481 e. The maximum Gasteiger partial charge on any atom is 0.416 e. The number of fused-ring (bicyclic) bond motifs is 1. The average molecular weight is 571 g/mol. The lowest BCUT2D eigenvalue weighted by molar-refractivity contribution is -0.138. The summed E-state index contributed by atoms with van der Waals surface area (Å²) in [5.74, 6) is -0.674. The monoisotopic (exact) mass is 570 g/mol. The number of carbonyl (C=O) groups is 2. The Morgan fingerprint density at radius 3 is 2.30 bits per heavy atom. The number of hydrogen-bond acceptors (Lipinski definition) is 3. The first kappa shape index (κ1) is 29.3. The molecule has 0 aliphatic carbocycles. The van der Waals surface area contributed by atoms with Crippen LogP contribution >= 0.6 is 11.6 Å². The predicted octanol–water partition coefficient (Wildman–Crippen LogP) is 8.76. The third-order valence-electron chi connectivity index (χ3n) is 6.93. The second-order valence-electron chi connectivity index (χ2n) is 10.4. The van der Waals surface area contributed by atoms with Crippen LogP contribution in [-0.4, -0.2) is 26.6 Å². The highest BCUT2D eigenvalue weighted by Gasteiger charge is 2.31. The molecule has 4 aromatic rings. The summed E-state index contributed by atoms with van der Waals surface area (Å²) in [7, 11) is 0. The fourth-order valence-electron chi connectivity index (χ4n) is 4.91.